The molecule has 1 aliphatic rings. The summed E-state index contributed by atoms with van der Waals surface area (Å²) < 4.78 is 13.6. The van der Waals surface area contributed by atoms with Crippen LogP contribution in [0.1, 0.15) is 41.2 Å². The molecule has 1 aliphatic heterocycles. The second kappa shape index (κ2) is 13.0. The highest BCUT2D eigenvalue weighted by atomic mass is 16.5. The van der Waals surface area contributed by atoms with E-state index in [4.69, 9.17) is 9.26 Å². The molecule has 0 saturated carbocycles. The number of aryl methyl sites for hydroxylation is 3. The summed E-state index contributed by atoms with van der Waals surface area (Å²) in [6.07, 6.45) is 1.62. The molecule has 3 heterocycles. The van der Waals surface area contributed by atoms with Gasteiger partial charge in [0.1, 0.15) is 23.2 Å². The lowest BCUT2D eigenvalue weighted by Crippen LogP contribution is -2.50. The fourth-order valence-corrected chi connectivity index (χ4v) is 5.68. The van der Waals surface area contributed by atoms with Crippen LogP contribution in [0.4, 0.5) is 16.2 Å². The molecule has 12 nitrogen and oxygen atoms in total. The Morgan fingerprint density at radius 1 is 1.18 bits per heavy atom. The Bertz CT molecular complexity index is 1710. The van der Waals surface area contributed by atoms with E-state index in [-0.39, 0.29) is 48.9 Å². The zero-order valence-corrected chi connectivity index (χ0v) is 26.5. The number of amides is 4. The average Bonchev–Trinajstić information content (AvgIpc) is 3.51. The van der Waals surface area contributed by atoms with E-state index in [1.54, 1.807) is 50.9 Å². The first kappa shape index (κ1) is 31.6. The van der Waals surface area contributed by atoms with Crippen molar-refractivity contribution in [1.82, 2.24) is 19.5 Å². The highest BCUT2D eigenvalue weighted by molar-refractivity contribution is 6.01. The first-order chi connectivity index (χ1) is 21.5. The molecule has 238 valence electrons. The van der Waals surface area contributed by atoms with Gasteiger partial charge in [-0.05, 0) is 50.6 Å². The lowest BCUT2D eigenvalue weighted by molar-refractivity contribution is -0.115. The lowest BCUT2D eigenvalue weighted by Gasteiger charge is -2.38. The van der Waals surface area contributed by atoms with Crippen molar-refractivity contribution in [2.75, 3.05) is 37.4 Å². The third-order valence-corrected chi connectivity index (χ3v) is 8.34. The standard InChI is InChI=1S/C33H40N6O6/c1-19-15-39(20(2)18-40)32(42)26-14-24(34-30(41)13-23-16-37(5)27-10-8-7-9-25(23)27)11-12-28(26)44-29(19)17-38(6)33(43)35-31-21(3)36-45-22(31)4/h7-12,14,16,19-20,29,40H,13,15,17-18H2,1-6H3,(H,34,41)(H,35,43)/t19-,20+,29-/m0/s1. The average molecular weight is 617 g/mol. The number of aromatic nitrogens is 2. The molecule has 4 aromatic rings. The van der Waals surface area contributed by atoms with Gasteiger partial charge in [0.05, 0.1) is 31.2 Å². The normalized spacial score (nSPS) is 17.2. The molecule has 0 unspecified atom stereocenters. The number of likely N-dealkylation sites (N-methyl/N-ethyl adjacent to an activating group) is 1. The van der Waals surface area contributed by atoms with Crippen molar-refractivity contribution in [3.05, 3.63) is 71.2 Å². The van der Waals surface area contributed by atoms with Gasteiger partial charge < -0.3 is 39.4 Å². The predicted octanol–water partition coefficient (Wildman–Crippen LogP) is 4.35. The number of nitrogens with one attached hydrogen (secondary N) is 2. The monoisotopic (exact) mass is 616 g/mol. The second-order valence-corrected chi connectivity index (χ2v) is 11.9. The molecule has 0 aliphatic carbocycles. The van der Waals surface area contributed by atoms with Gasteiger partial charge in [0.25, 0.3) is 5.91 Å². The Morgan fingerprint density at radius 2 is 1.93 bits per heavy atom. The number of rotatable bonds is 8. The van der Waals surface area contributed by atoms with Gasteiger partial charge in [0, 0.05) is 49.3 Å². The van der Waals surface area contributed by atoms with Crippen molar-refractivity contribution < 1.29 is 28.8 Å². The van der Waals surface area contributed by atoms with Crippen molar-refractivity contribution >= 4 is 40.1 Å². The summed E-state index contributed by atoms with van der Waals surface area (Å²) in [6, 6.07) is 12.1. The van der Waals surface area contributed by atoms with E-state index < -0.39 is 12.1 Å². The number of urea groups is 1. The summed E-state index contributed by atoms with van der Waals surface area (Å²) in [5.74, 6) is 0.115. The summed E-state index contributed by atoms with van der Waals surface area (Å²) in [4.78, 5) is 43.1. The van der Waals surface area contributed by atoms with Gasteiger partial charge in [-0.3, -0.25) is 9.59 Å². The number of nitrogens with zero attached hydrogens (tertiary/aromatic N) is 4. The summed E-state index contributed by atoms with van der Waals surface area (Å²) >= 11 is 0. The molecule has 2 aromatic carbocycles. The maximum atomic E-state index is 13.8. The van der Waals surface area contributed by atoms with Crippen LogP contribution in [0.2, 0.25) is 0 Å². The molecule has 45 heavy (non-hydrogen) atoms. The van der Waals surface area contributed by atoms with Gasteiger partial charge in [-0.15, -0.1) is 0 Å². The number of benzene rings is 2. The fraction of sp³-hybridized carbons (Fsp3) is 0.394. The van der Waals surface area contributed by atoms with E-state index in [1.807, 2.05) is 49.0 Å². The van der Waals surface area contributed by atoms with E-state index in [9.17, 15) is 19.5 Å². The molecule has 0 bridgehead atoms. The molecule has 3 N–H and O–H groups in total. The number of aliphatic hydroxyl groups excluding tert-OH is 1. The van der Waals surface area contributed by atoms with E-state index in [0.717, 1.165) is 16.5 Å². The number of carbonyl (C=O) groups excluding carboxylic acids is 3. The summed E-state index contributed by atoms with van der Waals surface area (Å²) in [6.45, 7) is 7.48. The Morgan fingerprint density at radius 3 is 2.64 bits per heavy atom. The number of para-hydroxylation sites is 1. The highest BCUT2D eigenvalue weighted by Gasteiger charge is 2.34. The maximum absolute atomic E-state index is 13.8. The van der Waals surface area contributed by atoms with Crippen LogP contribution < -0.4 is 15.4 Å². The smallest absolute Gasteiger partial charge is 0.321 e. The van der Waals surface area contributed by atoms with Crippen LogP contribution in [-0.4, -0.2) is 81.4 Å². The zero-order valence-electron chi connectivity index (χ0n) is 26.5. The largest absolute Gasteiger partial charge is 0.487 e. The van der Waals surface area contributed by atoms with Gasteiger partial charge in [0.15, 0.2) is 5.76 Å². The molecule has 5 rings (SSSR count). The molecule has 12 heteroatoms. The molecule has 0 fully saturated rings. The minimum atomic E-state index is -0.488. The number of hydrogen-bond acceptors (Lipinski definition) is 7. The van der Waals surface area contributed by atoms with Crippen molar-refractivity contribution in [3.63, 3.8) is 0 Å². The quantitative estimate of drug-likeness (QED) is 0.267. The molecule has 3 atom stereocenters. The molecule has 2 aromatic heterocycles. The van der Waals surface area contributed by atoms with Crippen LogP contribution in [0.25, 0.3) is 10.9 Å². The van der Waals surface area contributed by atoms with Gasteiger partial charge in [0.2, 0.25) is 5.91 Å². The summed E-state index contributed by atoms with van der Waals surface area (Å²) in [7, 11) is 3.61. The van der Waals surface area contributed by atoms with E-state index in [2.05, 4.69) is 15.8 Å². The zero-order chi connectivity index (χ0) is 32.4. The Kier molecular flexibility index (Phi) is 9.14. The minimum absolute atomic E-state index is 0.165. The number of fused-ring (bicyclic) bond motifs is 2. The number of hydrogen-bond donors (Lipinski definition) is 3. The topological polar surface area (TPSA) is 142 Å². The third kappa shape index (κ3) is 6.65. The Labute approximate surface area is 261 Å². The molecule has 0 radical (unpaired) electrons. The van der Waals surface area contributed by atoms with Crippen LogP contribution in [0.5, 0.6) is 5.75 Å². The van der Waals surface area contributed by atoms with Gasteiger partial charge >= 0.3 is 6.03 Å². The maximum Gasteiger partial charge on any atom is 0.321 e. The van der Waals surface area contributed by atoms with E-state index in [0.29, 0.717) is 35.1 Å². The number of ether oxygens (including phenoxy) is 1. The highest BCUT2D eigenvalue weighted by Crippen LogP contribution is 2.31. The van der Waals surface area contributed by atoms with Crippen molar-refractivity contribution in [3.8, 4) is 5.75 Å². The fourth-order valence-electron chi connectivity index (χ4n) is 5.68. The second-order valence-electron chi connectivity index (χ2n) is 11.9. The SMILES string of the molecule is Cc1noc(C)c1NC(=O)N(C)C[C@@H]1Oc2ccc(NC(=O)Cc3cn(C)c4ccccc34)cc2C(=O)N([C@H](C)CO)C[C@@H]1C. The molecule has 4 amide bonds. The number of anilines is 2. The molecular weight excluding hydrogens is 576 g/mol. The van der Waals surface area contributed by atoms with Crippen LogP contribution in [0, 0.1) is 19.8 Å². The first-order valence-electron chi connectivity index (χ1n) is 15.0. The lowest BCUT2D eigenvalue weighted by atomic mass is 9.99. The summed E-state index contributed by atoms with van der Waals surface area (Å²) in [5.41, 5.74) is 3.75. The van der Waals surface area contributed by atoms with Crippen LogP contribution in [0.3, 0.4) is 0 Å². The molecule has 0 saturated heterocycles. The Balaban J connectivity index is 1.37. The minimum Gasteiger partial charge on any atom is -0.487 e. The van der Waals surface area contributed by atoms with Crippen molar-refractivity contribution in [2.24, 2.45) is 13.0 Å². The molecular formula is C33H40N6O6. The van der Waals surface area contributed by atoms with Crippen LogP contribution in [-0.2, 0) is 18.3 Å². The first-order valence-corrected chi connectivity index (χ1v) is 15.0. The van der Waals surface area contributed by atoms with Crippen LogP contribution in [0.15, 0.2) is 53.2 Å². The number of aliphatic hydroxyl groups is 1. The predicted molar refractivity (Wildman–Crippen MR) is 170 cm³/mol. The van der Waals surface area contributed by atoms with Crippen molar-refractivity contribution in [2.45, 2.75) is 46.3 Å². The Hall–Kier alpha value is -4.84. The van der Waals surface area contributed by atoms with E-state index >= 15 is 0 Å². The number of carbonyl (C=O) groups is 3. The van der Waals surface area contributed by atoms with Gasteiger partial charge in [-0.2, -0.15) is 0 Å². The molecule has 0 spiro atoms. The van der Waals surface area contributed by atoms with Crippen molar-refractivity contribution in [1.29, 1.82) is 0 Å². The summed E-state index contributed by atoms with van der Waals surface area (Å²) in [5, 5.41) is 20.7. The van der Waals surface area contributed by atoms with Gasteiger partial charge in [-0.25, -0.2) is 4.79 Å². The van der Waals surface area contributed by atoms with Gasteiger partial charge in [-0.1, -0.05) is 30.3 Å². The van der Waals surface area contributed by atoms with Crippen LogP contribution >= 0.6 is 0 Å². The van der Waals surface area contributed by atoms with E-state index in [1.165, 1.54) is 4.90 Å². The third-order valence-electron chi connectivity index (χ3n) is 8.34.